The minimum absolute atomic E-state index is 0.789. The van der Waals surface area contributed by atoms with Crippen LogP contribution in [0.4, 0.5) is 0 Å². The second-order valence-electron chi connectivity index (χ2n) is 6.49. The minimum Gasteiger partial charge on any atom is -0.379 e. The molecule has 17 heavy (non-hydrogen) atoms. The molecule has 0 radical (unpaired) electrons. The van der Waals surface area contributed by atoms with Crippen LogP contribution in [0.2, 0.25) is 0 Å². The van der Waals surface area contributed by atoms with Crippen LogP contribution in [-0.4, -0.2) is 37.4 Å². The number of nitrogens with one attached hydrogen (secondary N) is 1. The van der Waals surface area contributed by atoms with Crippen LogP contribution in [0.25, 0.3) is 0 Å². The lowest BCUT2D eigenvalue weighted by molar-refractivity contribution is -0.00629. The predicted octanol–water partition coefficient (Wildman–Crippen LogP) is 1.65. The average Bonchev–Trinajstić information content (AvgIpc) is 3.01. The first-order valence-electron chi connectivity index (χ1n) is 7.50. The Hall–Kier alpha value is -0.120. The van der Waals surface area contributed by atoms with Crippen LogP contribution in [0.5, 0.6) is 0 Å². The Balaban J connectivity index is 1.40. The molecule has 96 valence electrons. The second-order valence-corrected chi connectivity index (χ2v) is 6.49. The molecule has 2 bridgehead atoms. The number of morpholine rings is 1. The first kappa shape index (κ1) is 10.8. The van der Waals surface area contributed by atoms with Gasteiger partial charge in [0.1, 0.15) is 0 Å². The largest absolute Gasteiger partial charge is 0.379 e. The quantitative estimate of drug-likeness (QED) is 0.789. The number of hydrazine groups is 1. The van der Waals surface area contributed by atoms with Crippen molar-refractivity contribution in [3.8, 4) is 0 Å². The third kappa shape index (κ3) is 1.74. The van der Waals surface area contributed by atoms with E-state index >= 15 is 0 Å². The molecule has 3 nitrogen and oxygen atoms in total. The van der Waals surface area contributed by atoms with Crippen LogP contribution in [0.3, 0.4) is 0 Å². The summed E-state index contributed by atoms with van der Waals surface area (Å²) < 4.78 is 5.41. The van der Waals surface area contributed by atoms with Crippen LogP contribution >= 0.6 is 0 Å². The second kappa shape index (κ2) is 4.22. The van der Waals surface area contributed by atoms with Crippen LogP contribution < -0.4 is 5.43 Å². The predicted molar refractivity (Wildman–Crippen MR) is 66.4 cm³/mol. The Bertz CT molecular complexity index is 290. The molecule has 5 atom stereocenters. The van der Waals surface area contributed by atoms with Gasteiger partial charge in [0.25, 0.3) is 0 Å². The van der Waals surface area contributed by atoms with Gasteiger partial charge in [-0.2, -0.15) is 0 Å². The molecular formula is C14H24N2O. The zero-order valence-electron chi connectivity index (χ0n) is 10.6. The number of hydrogen-bond donors (Lipinski definition) is 1. The van der Waals surface area contributed by atoms with Gasteiger partial charge in [-0.25, -0.2) is 5.01 Å². The van der Waals surface area contributed by atoms with Gasteiger partial charge in [0.05, 0.1) is 13.2 Å². The van der Waals surface area contributed by atoms with E-state index in [9.17, 15) is 0 Å². The highest BCUT2D eigenvalue weighted by molar-refractivity contribution is 5.05. The van der Waals surface area contributed by atoms with Crippen molar-refractivity contribution >= 4 is 0 Å². The average molecular weight is 236 g/mol. The summed E-state index contributed by atoms with van der Waals surface area (Å²) in [6, 6.07) is 0.789. The fourth-order valence-corrected chi connectivity index (χ4v) is 5.14. The van der Waals surface area contributed by atoms with Crippen LogP contribution in [0.15, 0.2) is 0 Å². The van der Waals surface area contributed by atoms with E-state index in [1.54, 1.807) is 0 Å². The fraction of sp³-hybridized carbons (Fsp3) is 1.00. The van der Waals surface area contributed by atoms with E-state index < -0.39 is 0 Å². The molecule has 0 spiro atoms. The standard InChI is InChI=1S/C14H24N2O/c1-2-11-10-8-13(12(11)3-1)14(9-10)15-16-4-6-17-7-5-16/h10-15H,1-9H2. The fourth-order valence-electron chi connectivity index (χ4n) is 5.14. The van der Waals surface area contributed by atoms with Gasteiger partial charge < -0.3 is 4.74 Å². The molecule has 1 saturated heterocycles. The third-order valence-electron chi connectivity index (χ3n) is 5.79. The molecule has 3 saturated carbocycles. The van der Waals surface area contributed by atoms with Gasteiger partial charge in [0, 0.05) is 19.1 Å². The maximum atomic E-state index is 5.41. The summed E-state index contributed by atoms with van der Waals surface area (Å²) in [4.78, 5) is 0. The lowest BCUT2D eigenvalue weighted by Crippen LogP contribution is -2.52. The Labute approximate surface area is 104 Å². The van der Waals surface area contributed by atoms with Gasteiger partial charge in [-0.3, -0.25) is 5.43 Å². The molecule has 4 rings (SSSR count). The van der Waals surface area contributed by atoms with E-state index in [1.807, 2.05) is 0 Å². The zero-order valence-corrected chi connectivity index (χ0v) is 10.6. The molecule has 0 aromatic carbocycles. The Kier molecular flexibility index (Phi) is 2.67. The summed E-state index contributed by atoms with van der Waals surface area (Å²) in [7, 11) is 0. The number of rotatable bonds is 2. The van der Waals surface area contributed by atoms with Gasteiger partial charge >= 0.3 is 0 Å². The molecular weight excluding hydrogens is 212 g/mol. The molecule has 3 heteroatoms. The number of hydrogen-bond acceptors (Lipinski definition) is 3. The zero-order chi connectivity index (χ0) is 11.2. The van der Waals surface area contributed by atoms with Crippen molar-refractivity contribution in [2.45, 2.75) is 38.1 Å². The van der Waals surface area contributed by atoms with E-state index in [0.717, 1.165) is 56.0 Å². The topological polar surface area (TPSA) is 24.5 Å². The van der Waals surface area contributed by atoms with Crippen molar-refractivity contribution in [3.63, 3.8) is 0 Å². The Morgan fingerprint density at radius 2 is 1.76 bits per heavy atom. The first-order chi connectivity index (χ1) is 8.42. The van der Waals surface area contributed by atoms with E-state index in [0.29, 0.717) is 0 Å². The Morgan fingerprint density at radius 1 is 0.941 bits per heavy atom. The highest BCUT2D eigenvalue weighted by atomic mass is 16.5. The van der Waals surface area contributed by atoms with E-state index in [2.05, 4.69) is 10.4 Å². The van der Waals surface area contributed by atoms with Crippen LogP contribution in [0.1, 0.15) is 32.1 Å². The minimum atomic E-state index is 0.789. The maximum Gasteiger partial charge on any atom is 0.0608 e. The van der Waals surface area contributed by atoms with Gasteiger partial charge in [-0.05, 0) is 49.4 Å². The molecule has 5 unspecified atom stereocenters. The lowest BCUT2D eigenvalue weighted by atomic mass is 9.79. The molecule has 0 aromatic heterocycles. The molecule has 1 aliphatic heterocycles. The summed E-state index contributed by atoms with van der Waals surface area (Å²) in [6.45, 7) is 3.95. The Morgan fingerprint density at radius 3 is 2.65 bits per heavy atom. The number of ether oxygens (including phenoxy) is 1. The highest BCUT2D eigenvalue weighted by Crippen LogP contribution is 2.58. The van der Waals surface area contributed by atoms with Crippen molar-refractivity contribution < 1.29 is 4.74 Å². The summed E-state index contributed by atoms with van der Waals surface area (Å²) >= 11 is 0. The van der Waals surface area contributed by atoms with Crippen molar-refractivity contribution in [1.82, 2.24) is 10.4 Å². The molecule has 4 aliphatic rings. The molecule has 0 aromatic rings. The summed E-state index contributed by atoms with van der Waals surface area (Å²) in [6.07, 6.45) is 7.54. The van der Waals surface area contributed by atoms with E-state index in [4.69, 9.17) is 4.74 Å². The van der Waals surface area contributed by atoms with Gasteiger partial charge in [-0.15, -0.1) is 0 Å². The van der Waals surface area contributed by atoms with E-state index in [1.165, 1.54) is 32.1 Å². The summed E-state index contributed by atoms with van der Waals surface area (Å²) in [5.74, 6) is 4.25. The smallest absolute Gasteiger partial charge is 0.0608 e. The van der Waals surface area contributed by atoms with Crippen LogP contribution in [0, 0.1) is 23.7 Å². The SMILES string of the molecule is C1CC2C3CC(NN4CCOCC4)C(C3)C2C1. The molecule has 4 fully saturated rings. The van der Waals surface area contributed by atoms with Gasteiger partial charge in [0.2, 0.25) is 0 Å². The van der Waals surface area contributed by atoms with Gasteiger partial charge in [0.15, 0.2) is 0 Å². The highest BCUT2D eigenvalue weighted by Gasteiger charge is 2.53. The third-order valence-corrected chi connectivity index (χ3v) is 5.79. The molecule has 3 aliphatic carbocycles. The van der Waals surface area contributed by atoms with Crippen molar-refractivity contribution in [2.75, 3.05) is 26.3 Å². The molecule has 1 N–H and O–H groups in total. The first-order valence-corrected chi connectivity index (χ1v) is 7.50. The van der Waals surface area contributed by atoms with Crippen molar-refractivity contribution in [3.05, 3.63) is 0 Å². The molecule has 1 heterocycles. The monoisotopic (exact) mass is 236 g/mol. The van der Waals surface area contributed by atoms with Crippen molar-refractivity contribution in [2.24, 2.45) is 23.7 Å². The summed E-state index contributed by atoms with van der Waals surface area (Å²) in [5.41, 5.74) is 3.82. The number of fused-ring (bicyclic) bond motifs is 5. The van der Waals surface area contributed by atoms with Crippen molar-refractivity contribution in [1.29, 1.82) is 0 Å². The molecule has 0 amide bonds. The normalized spacial score (nSPS) is 49.8. The number of nitrogens with zero attached hydrogens (tertiary/aromatic N) is 1. The van der Waals surface area contributed by atoms with Crippen LogP contribution in [-0.2, 0) is 4.74 Å². The van der Waals surface area contributed by atoms with E-state index in [-0.39, 0.29) is 0 Å². The lowest BCUT2D eigenvalue weighted by Gasteiger charge is -2.37. The maximum absolute atomic E-state index is 5.41. The summed E-state index contributed by atoms with van der Waals surface area (Å²) in [5, 5.41) is 2.42. The van der Waals surface area contributed by atoms with Gasteiger partial charge in [-0.1, -0.05) is 6.42 Å².